The number of aliphatic hydroxyl groups excluding tert-OH is 1. The van der Waals surface area contributed by atoms with Crippen molar-refractivity contribution in [3.8, 4) is 17.2 Å². The van der Waals surface area contributed by atoms with Crippen LogP contribution in [-0.4, -0.2) is 73.5 Å². The summed E-state index contributed by atoms with van der Waals surface area (Å²) in [6, 6.07) is 39.3. The lowest BCUT2D eigenvalue weighted by atomic mass is 9.82. The summed E-state index contributed by atoms with van der Waals surface area (Å²) < 4.78 is 26.2. The van der Waals surface area contributed by atoms with Crippen LogP contribution in [0.5, 0.6) is 17.2 Å². The summed E-state index contributed by atoms with van der Waals surface area (Å²) >= 11 is 0. The van der Waals surface area contributed by atoms with Gasteiger partial charge in [-0.2, -0.15) is 0 Å². The van der Waals surface area contributed by atoms with E-state index in [1.54, 1.807) is 19.1 Å². The highest BCUT2D eigenvalue weighted by atomic mass is 28.3. The maximum atomic E-state index is 15.5. The summed E-state index contributed by atoms with van der Waals surface area (Å²) in [5.41, 5.74) is 4.27. The Morgan fingerprint density at radius 1 is 0.871 bits per heavy atom. The van der Waals surface area contributed by atoms with Crippen LogP contribution in [0.15, 0.2) is 128 Å². The number of aryl methyl sites for hydroxylation is 1. The zero-order chi connectivity index (χ0) is 43.2. The Morgan fingerprint density at radius 2 is 1.58 bits per heavy atom. The summed E-state index contributed by atoms with van der Waals surface area (Å²) in [4.78, 5) is 32.1. The molecule has 1 aromatic heterocycles. The molecule has 1 spiro atoms. The zero-order valence-electron chi connectivity index (χ0n) is 35.6. The third-order valence-corrected chi connectivity index (χ3v) is 17.6. The molecular weight excluding hydrogens is 799 g/mol. The molecular formula is C49H51N5O7Si. The molecule has 2 amide bonds. The number of hydrogen-bond donors (Lipinski definition) is 1. The van der Waals surface area contributed by atoms with E-state index in [0.717, 1.165) is 33.8 Å². The lowest BCUT2D eigenvalue weighted by molar-refractivity contribution is -0.146. The van der Waals surface area contributed by atoms with Gasteiger partial charge in [0.1, 0.15) is 17.2 Å². The first-order valence-electron chi connectivity index (χ1n) is 21.1. The summed E-state index contributed by atoms with van der Waals surface area (Å²) in [5.74, 6) is 1.30. The summed E-state index contributed by atoms with van der Waals surface area (Å²) in [6.45, 7) is 7.59. The number of amides is 2. The molecule has 9 rings (SSSR count). The second kappa shape index (κ2) is 16.5. The molecule has 6 aromatic rings. The van der Waals surface area contributed by atoms with Crippen LogP contribution in [0.3, 0.4) is 0 Å². The normalized spacial score (nSPS) is 21.2. The Bertz CT molecular complexity index is 2580. The van der Waals surface area contributed by atoms with Gasteiger partial charge in [0.2, 0.25) is 0 Å². The van der Waals surface area contributed by atoms with Crippen LogP contribution in [0.1, 0.15) is 41.6 Å². The molecule has 1 fully saturated rings. The molecule has 5 aromatic carbocycles. The minimum absolute atomic E-state index is 0.00423. The number of aromatic nitrogens is 3. The number of anilines is 3. The van der Waals surface area contributed by atoms with Crippen LogP contribution in [0, 0.1) is 5.92 Å². The smallest absolute Gasteiger partial charge is 0.269 e. The quantitative estimate of drug-likeness (QED) is 0.119. The minimum atomic E-state index is -2.43. The molecule has 13 heteroatoms. The average Bonchev–Trinajstić information content (AvgIpc) is 3.96. The number of benzene rings is 5. The van der Waals surface area contributed by atoms with Gasteiger partial charge >= 0.3 is 0 Å². The number of carbonyl (C=O) groups is 2. The van der Waals surface area contributed by atoms with Crippen molar-refractivity contribution in [1.82, 2.24) is 15.0 Å². The van der Waals surface area contributed by atoms with Gasteiger partial charge in [0.25, 0.3) is 11.8 Å². The molecule has 3 aliphatic heterocycles. The molecule has 0 radical (unpaired) electrons. The fourth-order valence-electron chi connectivity index (χ4n) is 10.1. The molecule has 4 heterocycles. The first-order valence-corrected chi connectivity index (χ1v) is 24.2. The Kier molecular flexibility index (Phi) is 11.0. The van der Waals surface area contributed by atoms with Crippen molar-refractivity contribution in [2.45, 2.75) is 62.7 Å². The van der Waals surface area contributed by atoms with Gasteiger partial charge in [-0.05, 0) is 77.7 Å². The van der Waals surface area contributed by atoms with Crippen LogP contribution >= 0.6 is 0 Å². The molecule has 62 heavy (non-hydrogen) atoms. The number of methoxy groups -OCH3 is 2. The van der Waals surface area contributed by atoms with Crippen LogP contribution in [0.4, 0.5) is 17.1 Å². The van der Waals surface area contributed by atoms with Gasteiger partial charge in [0.15, 0.2) is 12.2 Å². The topological polar surface area (TPSA) is 128 Å². The number of nitrogens with zero attached hydrogens (tertiary/aromatic N) is 5. The fourth-order valence-corrected chi connectivity index (χ4v) is 14.1. The molecule has 5 atom stereocenters. The van der Waals surface area contributed by atoms with E-state index in [2.05, 4.69) is 42.5 Å². The molecule has 1 N–H and O–H groups in total. The van der Waals surface area contributed by atoms with E-state index in [-0.39, 0.29) is 48.5 Å². The van der Waals surface area contributed by atoms with Crippen LogP contribution in [0.25, 0.3) is 0 Å². The number of hydrogen-bond acceptors (Lipinski definition) is 9. The molecule has 0 aliphatic carbocycles. The molecule has 0 saturated carbocycles. The van der Waals surface area contributed by atoms with Crippen molar-refractivity contribution < 1.29 is 33.6 Å². The lowest BCUT2D eigenvalue weighted by Crippen LogP contribution is -2.51. The van der Waals surface area contributed by atoms with E-state index < -0.39 is 13.7 Å². The lowest BCUT2D eigenvalue weighted by Gasteiger charge is -2.37. The van der Waals surface area contributed by atoms with Crippen molar-refractivity contribution in [1.29, 1.82) is 0 Å². The molecule has 12 nitrogen and oxygen atoms in total. The number of ether oxygens (including phenoxy) is 4. The second-order valence-electron chi connectivity index (χ2n) is 16.9. The first kappa shape index (κ1) is 41.1. The third-order valence-electron chi connectivity index (χ3n) is 13.2. The van der Waals surface area contributed by atoms with Crippen molar-refractivity contribution in [2.24, 2.45) is 5.92 Å². The van der Waals surface area contributed by atoms with E-state index in [9.17, 15) is 9.90 Å². The number of aliphatic hydroxyl groups is 1. The number of fused-ring (bicyclic) bond motifs is 3. The predicted molar refractivity (Wildman–Crippen MR) is 239 cm³/mol. The van der Waals surface area contributed by atoms with Gasteiger partial charge in [-0.25, -0.2) is 0 Å². The second-order valence-corrected chi connectivity index (χ2v) is 21.6. The van der Waals surface area contributed by atoms with Crippen molar-refractivity contribution in [3.05, 3.63) is 150 Å². The minimum Gasteiger partial charge on any atom is -0.497 e. The Hall–Kier alpha value is -6.28. The monoisotopic (exact) mass is 849 g/mol. The number of rotatable bonds is 13. The van der Waals surface area contributed by atoms with Crippen LogP contribution in [-0.2, 0) is 33.0 Å². The molecule has 318 valence electrons. The number of para-hydroxylation sites is 2. The van der Waals surface area contributed by atoms with E-state index in [4.69, 9.17) is 18.9 Å². The van der Waals surface area contributed by atoms with Gasteiger partial charge in [0.05, 0.1) is 64.5 Å². The molecule has 1 unspecified atom stereocenters. The SMILES string of the molecule is COc1ccc([Si](C)(C)[C@@H]2[C@@H](CCn3cc(C(CO)c4ccccc4)nn3)O[C@]3(C(=O)N(Cc4ccc(N5C(=O)COc6ccccc65)cc4)c4ccc(OC)cc43)[C@H]2C)cc1. The third kappa shape index (κ3) is 7.03. The van der Waals surface area contributed by atoms with Gasteiger partial charge in [0, 0.05) is 29.9 Å². The van der Waals surface area contributed by atoms with Gasteiger partial charge in [-0.15, -0.1) is 5.10 Å². The number of carbonyl (C=O) groups excluding carboxylic acids is 2. The van der Waals surface area contributed by atoms with Crippen molar-refractivity contribution >= 4 is 42.1 Å². The highest BCUT2D eigenvalue weighted by Gasteiger charge is 2.66. The fraction of sp³-hybridized carbons (Fsp3) is 0.306. The van der Waals surface area contributed by atoms with Crippen molar-refractivity contribution in [2.75, 3.05) is 37.2 Å². The van der Waals surface area contributed by atoms with Gasteiger partial charge in [-0.1, -0.05) is 97.1 Å². The van der Waals surface area contributed by atoms with E-state index in [1.807, 2.05) is 125 Å². The van der Waals surface area contributed by atoms with Gasteiger partial charge in [-0.3, -0.25) is 19.2 Å². The van der Waals surface area contributed by atoms with E-state index in [0.29, 0.717) is 42.4 Å². The van der Waals surface area contributed by atoms with E-state index >= 15 is 4.79 Å². The molecule has 3 aliphatic rings. The van der Waals surface area contributed by atoms with Crippen molar-refractivity contribution in [3.63, 3.8) is 0 Å². The molecule has 0 bridgehead atoms. The Balaban J connectivity index is 1.05. The highest BCUT2D eigenvalue weighted by molar-refractivity contribution is 6.91. The Morgan fingerprint density at radius 3 is 2.31 bits per heavy atom. The summed E-state index contributed by atoms with van der Waals surface area (Å²) in [7, 11) is 0.880. The average molecular weight is 850 g/mol. The predicted octanol–water partition coefficient (Wildman–Crippen LogP) is 7.33. The maximum Gasteiger partial charge on any atom is 0.269 e. The maximum absolute atomic E-state index is 15.5. The van der Waals surface area contributed by atoms with Gasteiger partial charge < -0.3 is 29.0 Å². The molecule has 1 saturated heterocycles. The summed E-state index contributed by atoms with van der Waals surface area (Å²) in [5, 5.41) is 20.6. The van der Waals surface area contributed by atoms with Crippen LogP contribution < -0.4 is 29.2 Å². The largest absolute Gasteiger partial charge is 0.497 e. The highest BCUT2D eigenvalue weighted by Crippen LogP contribution is 2.60. The standard InChI is InChI=1S/C49H51N5O7Si/c1-32-47(62(4,5)38-22-19-36(58-2)20-23-38)45(25-26-52-29-41(50-51-52)39(30-55)34-11-7-6-8-12-34)61-49(32)40-27-37(59-3)21-24-42(40)53(48(49)57)28-33-15-17-35(18-16-33)54-43-13-9-10-14-44(43)60-31-46(54)56/h6-24,27,29,32,39,45,47,55H,25-26,28,30-31H2,1-5H3/t32-,39?,45+,47-,49+/m0/s1. The van der Waals surface area contributed by atoms with Crippen LogP contribution in [0.2, 0.25) is 18.6 Å². The van der Waals surface area contributed by atoms with E-state index in [1.165, 1.54) is 5.19 Å². The Labute approximate surface area is 362 Å². The summed E-state index contributed by atoms with van der Waals surface area (Å²) in [6.07, 6.45) is 2.17. The zero-order valence-corrected chi connectivity index (χ0v) is 36.6. The first-order chi connectivity index (χ1) is 30.1.